The van der Waals surface area contributed by atoms with E-state index >= 15 is 0 Å². The van der Waals surface area contributed by atoms with E-state index in [0.29, 0.717) is 0 Å². The number of carboxylic acids is 1. The second kappa shape index (κ2) is 6.45. The van der Waals surface area contributed by atoms with Crippen molar-refractivity contribution in [2.45, 2.75) is 26.3 Å². The van der Waals surface area contributed by atoms with Crippen LogP contribution >= 0.6 is 11.3 Å². The minimum atomic E-state index is -1.16. The zero-order valence-corrected chi connectivity index (χ0v) is 12.5. The quantitative estimate of drug-likeness (QED) is 0.884. The zero-order valence-electron chi connectivity index (χ0n) is 11.7. The molecule has 21 heavy (non-hydrogen) atoms. The molecule has 2 heterocycles. The van der Waals surface area contributed by atoms with Gasteiger partial charge < -0.3 is 10.4 Å². The first kappa shape index (κ1) is 15.1. The molecule has 1 unspecified atom stereocenters. The van der Waals surface area contributed by atoms with Crippen molar-refractivity contribution in [3.05, 3.63) is 45.7 Å². The molecule has 0 radical (unpaired) electrons. The van der Waals surface area contributed by atoms with Gasteiger partial charge in [0, 0.05) is 11.1 Å². The summed E-state index contributed by atoms with van der Waals surface area (Å²) in [6.45, 7) is 3.87. The van der Waals surface area contributed by atoms with E-state index in [1.165, 1.54) is 18.2 Å². The summed E-state index contributed by atoms with van der Waals surface area (Å²) < 4.78 is 0. The maximum atomic E-state index is 12.1. The SMILES string of the molecule is CCc1cnc(C(C)NC(=O)c2cccc(C(=O)O)n2)s1. The van der Waals surface area contributed by atoms with E-state index in [-0.39, 0.29) is 17.4 Å². The fourth-order valence-electron chi connectivity index (χ4n) is 1.70. The molecule has 110 valence electrons. The molecule has 1 amide bonds. The van der Waals surface area contributed by atoms with Gasteiger partial charge in [-0.25, -0.2) is 14.8 Å². The van der Waals surface area contributed by atoms with Gasteiger partial charge >= 0.3 is 5.97 Å². The van der Waals surface area contributed by atoms with E-state index in [1.54, 1.807) is 17.5 Å². The van der Waals surface area contributed by atoms with E-state index in [0.717, 1.165) is 16.3 Å². The van der Waals surface area contributed by atoms with Crippen LogP contribution in [-0.4, -0.2) is 27.0 Å². The molecule has 0 saturated heterocycles. The highest BCUT2D eigenvalue weighted by molar-refractivity contribution is 7.11. The summed E-state index contributed by atoms with van der Waals surface area (Å²) in [4.78, 5) is 32.2. The van der Waals surface area contributed by atoms with Gasteiger partial charge in [0.25, 0.3) is 5.91 Å². The van der Waals surface area contributed by atoms with Crippen molar-refractivity contribution >= 4 is 23.2 Å². The molecular weight excluding hydrogens is 290 g/mol. The lowest BCUT2D eigenvalue weighted by molar-refractivity contribution is 0.0690. The van der Waals surface area contributed by atoms with Gasteiger partial charge in [-0.15, -0.1) is 11.3 Å². The lowest BCUT2D eigenvalue weighted by atomic mass is 10.2. The summed E-state index contributed by atoms with van der Waals surface area (Å²) in [6.07, 6.45) is 2.70. The lowest BCUT2D eigenvalue weighted by Gasteiger charge is -2.10. The summed E-state index contributed by atoms with van der Waals surface area (Å²) in [6, 6.07) is 4.07. The number of carboxylic acid groups (broad SMARTS) is 1. The van der Waals surface area contributed by atoms with Crippen LogP contribution in [0, 0.1) is 0 Å². The first-order valence-corrected chi connectivity index (χ1v) is 7.28. The molecule has 0 aliphatic heterocycles. The molecule has 2 aromatic rings. The Kier molecular flexibility index (Phi) is 4.64. The van der Waals surface area contributed by atoms with E-state index in [2.05, 4.69) is 15.3 Å². The molecule has 0 bridgehead atoms. The van der Waals surface area contributed by atoms with Gasteiger partial charge in [0.2, 0.25) is 0 Å². The Morgan fingerprint density at radius 3 is 2.71 bits per heavy atom. The first-order valence-electron chi connectivity index (χ1n) is 6.47. The van der Waals surface area contributed by atoms with Crippen LogP contribution in [0.25, 0.3) is 0 Å². The molecule has 0 aliphatic carbocycles. The number of aromatic nitrogens is 2. The highest BCUT2D eigenvalue weighted by Crippen LogP contribution is 2.20. The lowest BCUT2D eigenvalue weighted by Crippen LogP contribution is -2.27. The Morgan fingerprint density at radius 2 is 2.10 bits per heavy atom. The Hall–Kier alpha value is -2.28. The van der Waals surface area contributed by atoms with Crippen LogP contribution in [0.15, 0.2) is 24.4 Å². The first-order chi connectivity index (χ1) is 10.0. The number of hydrogen-bond donors (Lipinski definition) is 2. The Labute approximate surface area is 125 Å². The van der Waals surface area contributed by atoms with Crippen molar-refractivity contribution in [1.82, 2.24) is 15.3 Å². The number of thiazole rings is 1. The molecule has 0 spiro atoms. The van der Waals surface area contributed by atoms with Gasteiger partial charge in [0.05, 0.1) is 6.04 Å². The highest BCUT2D eigenvalue weighted by Gasteiger charge is 2.16. The third-order valence-electron chi connectivity index (χ3n) is 2.84. The molecule has 7 heteroatoms. The standard InChI is InChI=1S/C14H15N3O3S/c1-3-9-7-15-13(21-9)8(2)16-12(18)10-5-4-6-11(17-10)14(19)20/h4-8H,3H2,1-2H3,(H,16,18)(H,19,20). The normalized spacial score (nSPS) is 11.9. The van der Waals surface area contributed by atoms with Crippen LogP contribution in [0.3, 0.4) is 0 Å². The number of amides is 1. The van der Waals surface area contributed by atoms with Crippen molar-refractivity contribution in [2.24, 2.45) is 0 Å². The molecule has 6 nitrogen and oxygen atoms in total. The molecule has 0 saturated carbocycles. The Bertz CT molecular complexity index is 669. The minimum Gasteiger partial charge on any atom is -0.477 e. The van der Waals surface area contributed by atoms with Gasteiger partial charge in [-0.3, -0.25) is 4.79 Å². The van der Waals surface area contributed by atoms with Crippen LogP contribution < -0.4 is 5.32 Å². The maximum Gasteiger partial charge on any atom is 0.354 e. The number of carbonyl (C=O) groups is 2. The number of nitrogens with zero attached hydrogens (tertiary/aromatic N) is 2. The largest absolute Gasteiger partial charge is 0.477 e. The molecule has 2 aromatic heterocycles. The molecule has 0 fully saturated rings. The van der Waals surface area contributed by atoms with E-state index in [9.17, 15) is 9.59 Å². The topological polar surface area (TPSA) is 92.2 Å². The molecule has 0 aromatic carbocycles. The number of hydrogen-bond acceptors (Lipinski definition) is 5. The number of pyridine rings is 1. The maximum absolute atomic E-state index is 12.1. The van der Waals surface area contributed by atoms with Gasteiger partial charge in [-0.2, -0.15) is 0 Å². The summed E-state index contributed by atoms with van der Waals surface area (Å²) in [5.41, 5.74) is -0.0770. The number of aromatic carboxylic acids is 1. The van der Waals surface area contributed by atoms with Crippen molar-refractivity contribution in [3.63, 3.8) is 0 Å². The molecule has 2 N–H and O–H groups in total. The summed E-state index contributed by atoms with van der Waals surface area (Å²) in [5.74, 6) is -1.58. The van der Waals surface area contributed by atoms with Gasteiger partial charge in [0.1, 0.15) is 16.4 Å². The predicted molar refractivity (Wildman–Crippen MR) is 78.6 cm³/mol. The molecule has 0 aliphatic rings. The van der Waals surface area contributed by atoms with Crippen molar-refractivity contribution in [1.29, 1.82) is 0 Å². The van der Waals surface area contributed by atoms with Crippen molar-refractivity contribution < 1.29 is 14.7 Å². The second-order valence-corrected chi connectivity index (χ2v) is 5.57. The van der Waals surface area contributed by atoms with E-state index in [1.807, 2.05) is 13.8 Å². The highest BCUT2D eigenvalue weighted by atomic mass is 32.1. The number of aryl methyl sites for hydroxylation is 1. The van der Waals surface area contributed by atoms with Gasteiger partial charge in [-0.05, 0) is 25.5 Å². The number of rotatable bonds is 5. The van der Waals surface area contributed by atoms with E-state index in [4.69, 9.17) is 5.11 Å². The van der Waals surface area contributed by atoms with Crippen LogP contribution in [0.5, 0.6) is 0 Å². The second-order valence-electron chi connectivity index (χ2n) is 4.43. The van der Waals surface area contributed by atoms with Crippen LogP contribution in [0.2, 0.25) is 0 Å². The summed E-state index contributed by atoms with van der Waals surface area (Å²) in [5, 5.41) is 12.5. The fourth-order valence-corrected chi connectivity index (χ4v) is 2.56. The third-order valence-corrected chi connectivity index (χ3v) is 4.16. The molecular formula is C14H15N3O3S. The third kappa shape index (κ3) is 3.63. The number of nitrogens with one attached hydrogen (secondary N) is 1. The number of carbonyl (C=O) groups excluding carboxylic acids is 1. The van der Waals surface area contributed by atoms with Crippen molar-refractivity contribution in [3.8, 4) is 0 Å². The Balaban J connectivity index is 2.10. The monoisotopic (exact) mass is 305 g/mol. The molecule has 1 atom stereocenters. The summed E-state index contributed by atoms with van der Waals surface area (Å²) >= 11 is 1.55. The van der Waals surface area contributed by atoms with Gasteiger partial charge in [0.15, 0.2) is 0 Å². The van der Waals surface area contributed by atoms with Gasteiger partial charge in [-0.1, -0.05) is 13.0 Å². The fraction of sp³-hybridized carbons (Fsp3) is 0.286. The average molecular weight is 305 g/mol. The van der Waals surface area contributed by atoms with E-state index < -0.39 is 11.9 Å². The van der Waals surface area contributed by atoms with Crippen LogP contribution in [-0.2, 0) is 6.42 Å². The molecule has 2 rings (SSSR count). The summed E-state index contributed by atoms with van der Waals surface area (Å²) in [7, 11) is 0. The Morgan fingerprint density at radius 1 is 1.38 bits per heavy atom. The minimum absolute atomic E-state index is 0.0778. The van der Waals surface area contributed by atoms with Crippen LogP contribution in [0.1, 0.15) is 50.8 Å². The zero-order chi connectivity index (χ0) is 15.4. The average Bonchev–Trinajstić information content (AvgIpc) is 2.96. The predicted octanol–water partition coefficient (Wildman–Crippen LogP) is 2.29. The van der Waals surface area contributed by atoms with Crippen LogP contribution in [0.4, 0.5) is 0 Å². The smallest absolute Gasteiger partial charge is 0.354 e. The van der Waals surface area contributed by atoms with Crippen molar-refractivity contribution in [2.75, 3.05) is 0 Å².